The lowest BCUT2D eigenvalue weighted by atomic mass is 10.0. The van der Waals surface area contributed by atoms with Gasteiger partial charge < -0.3 is 20.1 Å². The number of carbonyl (C=O) groups excluding carboxylic acids is 1. The molecule has 148 valence electrons. The van der Waals surface area contributed by atoms with Gasteiger partial charge >= 0.3 is 12.0 Å². The molecule has 0 bridgehead atoms. The van der Waals surface area contributed by atoms with Gasteiger partial charge in [-0.15, -0.1) is 0 Å². The second kappa shape index (κ2) is 8.27. The van der Waals surface area contributed by atoms with Crippen LogP contribution >= 0.6 is 0 Å². The maximum absolute atomic E-state index is 12.9. The summed E-state index contributed by atoms with van der Waals surface area (Å²) >= 11 is 0. The van der Waals surface area contributed by atoms with Gasteiger partial charge in [0, 0.05) is 19.6 Å². The molecule has 0 radical (unpaired) electrons. The Hall–Kier alpha value is -2.12. The van der Waals surface area contributed by atoms with E-state index in [0.717, 1.165) is 6.42 Å². The Morgan fingerprint density at radius 1 is 1.41 bits per heavy atom. The number of rotatable bonds is 5. The first-order valence-electron chi connectivity index (χ1n) is 9.50. The standard InChI is InChI=1S/C20H29N3O4/c1-13-4-5-15-9-14(2)19(17(15)8-13)21-20(26)23-6-7-27-16(11-23)10-22(3)12-18(24)25/h4-5,8,14,16,19H,6-7,9-12H2,1-3H3,(H,21,26)(H,24,25). The lowest BCUT2D eigenvalue weighted by Crippen LogP contribution is -2.53. The van der Waals surface area contributed by atoms with Gasteiger partial charge in [0.15, 0.2) is 0 Å². The van der Waals surface area contributed by atoms with Crippen molar-refractivity contribution in [2.24, 2.45) is 5.92 Å². The molecule has 1 saturated heterocycles. The third-order valence-corrected chi connectivity index (χ3v) is 5.37. The molecule has 2 amide bonds. The zero-order chi connectivity index (χ0) is 19.6. The highest BCUT2D eigenvalue weighted by Crippen LogP contribution is 2.36. The van der Waals surface area contributed by atoms with Crippen LogP contribution in [0.25, 0.3) is 0 Å². The summed E-state index contributed by atoms with van der Waals surface area (Å²) in [6.45, 7) is 6.17. The Morgan fingerprint density at radius 2 is 2.19 bits per heavy atom. The monoisotopic (exact) mass is 375 g/mol. The van der Waals surface area contributed by atoms with Crippen molar-refractivity contribution >= 4 is 12.0 Å². The summed E-state index contributed by atoms with van der Waals surface area (Å²) in [5.74, 6) is -0.503. The number of carboxylic acids is 1. The van der Waals surface area contributed by atoms with Gasteiger partial charge in [0.05, 0.1) is 25.3 Å². The van der Waals surface area contributed by atoms with Crippen molar-refractivity contribution in [3.63, 3.8) is 0 Å². The van der Waals surface area contributed by atoms with Gasteiger partial charge in [0.25, 0.3) is 0 Å². The van der Waals surface area contributed by atoms with Gasteiger partial charge in [-0.3, -0.25) is 9.69 Å². The Labute approximate surface area is 160 Å². The van der Waals surface area contributed by atoms with Gasteiger partial charge in [0.1, 0.15) is 0 Å². The van der Waals surface area contributed by atoms with E-state index in [4.69, 9.17) is 9.84 Å². The average Bonchev–Trinajstić information content (AvgIpc) is 2.89. The van der Waals surface area contributed by atoms with E-state index in [1.165, 1.54) is 16.7 Å². The fourth-order valence-electron chi connectivity index (χ4n) is 4.06. The normalized spacial score (nSPS) is 24.7. The molecule has 1 heterocycles. The van der Waals surface area contributed by atoms with Crippen molar-refractivity contribution in [2.75, 3.05) is 39.8 Å². The van der Waals surface area contributed by atoms with Crippen molar-refractivity contribution < 1.29 is 19.4 Å². The Morgan fingerprint density at radius 3 is 2.93 bits per heavy atom. The number of urea groups is 1. The third kappa shape index (κ3) is 4.78. The number of hydrogen-bond acceptors (Lipinski definition) is 4. The molecule has 3 atom stereocenters. The number of nitrogens with zero attached hydrogens (tertiary/aromatic N) is 2. The summed E-state index contributed by atoms with van der Waals surface area (Å²) in [7, 11) is 1.75. The second-order valence-corrected chi connectivity index (χ2v) is 7.84. The van der Waals surface area contributed by atoms with Crippen molar-refractivity contribution in [3.8, 4) is 0 Å². The average molecular weight is 375 g/mol. The number of morpholine rings is 1. The number of aryl methyl sites for hydroxylation is 1. The number of hydrogen-bond donors (Lipinski definition) is 2. The van der Waals surface area contributed by atoms with E-state index in [1.807, 2.05) is 0 Å². The molecule has 1 aromatic carbocycles. The molecule has 27 heavy (non-hydrogen) atoms. The van der Waals surface area contributed by atoms with Gasteiger partial charge in [-0.2, -0.15) is 0 Å². The first-order valence-corrected chi connectivity index (χ1v) is 9.50. The minimum absolute atomic E-state index is 0.0309. The summed E-state index contributed by atoms with van der Waals surface area (Å²) in [6.07, 6.45) is 0.802. The fraction of sp³-hybridized carbons (Fsp3) is 0.600. The van der Waals surface area contributed by atoms with Crippen LogP contribution in [0.2, 0.25) is 0 Å². The quantitative estimate of drug-likeness (QED) is 0.818. The summed E-state index contributed by atoms with van der Waals surface area (Å²) in [4.78, 5) is 27.2. The van der Waals surface area contributed by atoms with E-state index < -0.39 is 5.97 Å². The highest BCUT2D eigenvalue weighted by Gasteiger charge is 2.33. The predicted octanol–water partition coefficient (Wildman–Crippen LogP) is 1.66. The van der Waals surface area contributed by atoms with Crippen molar-refractivity contribution in [1.29, 1.82) is 0 Å². The van der Waals surface area contributed by atoms with Crippen LogP contribution < -0.4 is 5.32 Å². The van der Waals surface area contributed by atoms with Crippen LogP contribution in [0.1, 0.15) is 29.7 Å². The molecule has 2 N–H and O–H groups in total. The largest absolute Gasteiger partial charge is 0.480 e. The van der Waals surface area contributed by atoms with E-state index in [9.17, 15) is 9.59 Å². The molecule has 0 saturated carbocycles. The maximum atomic E-state index is 12.9. The third-order valence-electron chi connectivity index (χ3n) is 5.37. The first kappa shape index (κ1) is 19.6. The number of carbonyl (C=O) groups is 2. The molecule has 1 fully saturated rings. The van der Waals surface area contributed by atoms with Crippen LogP contribution in [-0.2, 0) is 16.0 Å². The molecule has 7 nitrogen and oxygen atoms in total. The van der Waals surface area contributed by atoms with Crippen LogP contribution in [-0.4, -0.2) is 72.8 Å². The van der Waals surface area contributed by atoms with E-state index in [1.54, 1.807) is 16.8 Å². The zero-order valence-corrected chi connectivity index (χ0v) is 16.3. The van der Waals surface area contributed by atoms with Crippen LogP contribution in [0.4, 0.5) is 4.79 Å². The molecule has 1 aromatic rings. The van der Waals surface area contributed by atoms with Crippen LogP contribution in [0.3, 0.4) is 0 Å². The molecule has 1 aliphatic carbocycles. The van der Waals surface area contributed by atoms with Crippen LogP contribution in [0.5, 0.6) is 0 Å². The minimum Gasteiger partial charge on any atom is -0.480 e. The number of aliphatic carboxylic acids is 1. The minimum atomic E-state index is -0.868. The molecule has 0 aromatic heterocycles. The molecule has 2 aliphatic rings. The van der Waals surface area contributed by atoms with Crippen molar-refractivity contribution in [1.82, 2.24) is 15.1 Å². The topological polar surface area (TPSA) is 82.1 Å². The van der Waals surface area contributed by atoms with Crippen LogP contribution in [0, 0.1) is 12.8 Å². The summed E-state index contributed by atoms with van der Waals surface area (Å²) < 4.78 is 5.72. The van der Waals surface area contributed by atoms with E-state index in [0.29, 0.717) is 32.2 Å². The summed E-state index contributed by atoms with van der Waals surface area (Å²) in [5.41, 5.74) is 3.74. The molecular formula is C20H29N3O4. The van der Waals surface area contributed by atoms with Crippen molar-refractivity contribution in [3.05, 3.63) is 34.9 Å². The van der Waals surface area contributed by atoms with Crippen molar-refractivity contribution in [2.45, 2.75) is 32.4 Å². The number of nitrogens with one attached hydrogen (secondary N) is 1. The van der Waals surface area contributed by atoms with Gasteiger partial charge in [-0.05, 0) is 37.4 Å². The van der Waals surface area contributed by atoms with E-state index in [-0.39, 0.29) is 24.7 Å². The lowest BCUT2D eigenvalue weighted by molar-refractivity contribution is -0.138. The number of likely N-dealkylation sites (N-methyl/N-ethyl adjacent to an activating group) is 1. The van der Waals surface area contributed by atoms with Gasteiger partial charge in [-0.1, -0.05) is 30.7 Å². The van der Waals surface area contributed by atoms with Gasteiger partial charge in [0.2, 0.25) is 0 Å². The van der Waals surface area contributed by atoms with Crippen LogP contribution in [0.15, 0.2) is 18.2 Å². The smallest absolute Gasteiger partial charge is 0.318 e. The molecule has 0 spiro atoms. The molecule has 7 heteroatoms. The Balaban J connectivity index is 1.60. The first-order chi connectivity index (χ1) is 12.8. The highest BCUT2D eigenvalue weighted by molar-refractivity contribution is 5.75. The Kier molecular flexibility index (Phi) is 6.01. The highest BCUT2D eigenvalue weighted by atomic mass is 16.5. The van der Waals surface area contributed by atoms with Gasteiger partial charge in [-0.25, -0.2) is 4.79 Å². The number of amides is 2. The SMILES string of the molecule is Cc1ccc2c(c1)C(NC(=O)N1CCOC(CN(C)CC(=O)O)C1)C(C)C2. The Bertz CT molecular complexity index is 708. The maximum Gasteiger partial charge on any atom is 0.318 e. The molecule has 1 aliphatic heterocycles. The summed E-state index contributed by atoms with van der Waals surface area (Å²) in [6, 6.07) is 6.41. The predicted molar refractivity (Wildman–Crippen MR) is 102 cm³/mol. The summed E-state index contributed by atoms with van der Waals surface area (Å²) in [5, 5.41) is 12.1. The number of fused-ring (bicyclic) bond motifs is 1. The number of carboxylic acid groups (broad SMARTS) is 1. The zero-order valence-electron chi connectivity index (χ0n) is 16.3. The fourth-order valence-corrected chi connectivity index (χ4v) is 4.06. The molecule has 3 unspecified atom stereocenters. The van der Waals surface area contributed by atoms with E-state index >= 15 is 0 Å². The second-order valence-electron chi connectivity index (χ2n) is 7.84. The number of benzene rings is 1. The van der Waals surface area contributed by atoms with E-state index in [2.05, 4.69) is 37.4 Å². The molecular weight excluding hydrogens is 346 g/mol. The lowest BCUT2D eigenvalue weighted by Gasteiger charge is -2.35. The molecule has 3 rings (SSSR count). The number of ether oxygens (including phenoxy) is 1.